The summed E-state index contributed by atoms with van der Waals surface area (Å²) in [4.78, 5) is 0. The molecule has 0 aliphatic heterocycles. The molecule has 2 rings (SSSR count). The predicted octanol–water partition coefficient (Wildman–Crippen LogP) is 4.71. The predicted molar refractivity (Wildman–Crippen MR) is 84.7 cm³/mol. The van der Waals surface area contributed by atoms with Crippen LogP contribution in [-0.4, -0.2) is 13.7 Å². The molecular formula is C15H17BrClNO2. The van der Waals surface area contributed by atoms with Crippen LogP contribution in [-0.2, 0) is 0 Å². The Labute approximate surface area is 132 Å². The molecule has 1 aromatic carbocycles. The molecule has 0 amide bonds. The summed E-state index contributed by atoms with van der Waals surface area (Å²) in [5.74, 6) is 1.65. The fraction of sp³-hybridized carbons (Fsp3) is 0.333. The third-order valence-electron chi connectivity index (χ3n) is 3.04. The first-order valence-corrected chi connectivity index (χ1v) is 7.55. The Kier molecular flexibility index (Phi) is 5.13. The number of furan rings is 1. The average Bonchev–Trinajstić information content (AvgIpc) is 2.81. The Balaban J connectivity index is 2.54. The van der Waals surface area contributed by atoms with Gasteiger partial charge in [0.15, 0.2) is 0 Å². The minimum absolute atomic E-state index is 0.0256. The molecule has 1 N–H and O–H groups in total. The van der Waals surface area contributed by atoms with Gasteiger partial charge in [-0.3, -0.25) is 0 Å². The molecule has 108 valence electrons. The van der Waals surface area contributed by atoms with Gasteiger partial charge in [0.2, 0.25) is 0 Å². The van der Waals surface area contributed by atoms with Crippen molar-refractivity contribution in [3.8, 4) is 5.75 Å². The first-order valence-electron chi connectivity index (χ1n) is 6.38. The lowest BCUT2D eigenvalue weighted by atomic mass is 10.00. The smallest absolute Gasteiger partial charge is 0.138 e. The largest absolute Gasteiger partial charge is 0.495 e. The third kappa shape index (κ3) is 3.19. The maximum Gasteiger partial charge on any atom is 0.138 e. The van der Waals surface area contributed by atoms with Crippen molar-refractivity contribution in [1.82, 2.24) is 5.32 Å². The molecule has 0 saturated heterocycles. The van der Waals surface area contributed by atoms with E-state index < -0.39 is 0 Å². The molecule has 0 fully saturated rings. The van der Waals surface area contributed by atoms with Gasteiger partial charge in [-0.1, -0.05) is 18.5 Å². The topological polar surface area (TPSA) is 34.4 Å². The zero-order chi connectivity index (χ0) is 14.7. The highest BCUT2D eigenvalue weighted by molar-refractivity contribution is 9.10. The first kappa shape index (κ1) is 15.4. The van der Waals surface area contributed by atoms with Crippen molar-refractivity contribution in [1.29, 1.82) is 0 Å². The van der Waals surface area contributed by atoms with Crippen LogP contribution >= 0.6 is 27.5 Å². The maximum atomic E-state index is 6.18. The molecule has 1 unspecified atom stereocenters. The van der Waals surface area contributed by atoms with Crippen LogP contribution in [0.15, 0.2) is 33.4 Å². The lowest BCUT2D eigenvalue weighted by Gasteiger charge is -2.21. The molecule has 0 bridgehead atoms. The Bertz CT molecular complexity index is 598. The van der Waals surface area contributed by atoms with Gasteiger partial charge < -0.3 is 14.5 Å². The van der Waals surface area contributed by atoms with Crippen molar-refractivity contribution in [2.45, 2.75) is 19.9 Å². The van der Waals surface area contributed by atoms with Crippen molar-refractivity contribution in [3.63, 3.8) is 0 Å². The van der Waals surface area contributed by atoms with Gasteiger partial charge in [0.1, 0.15) is 11.5 Å². The highest BCUT2D eigenvalue weighted by atomic mass is 79.9. The molecule has 1 aromatic heterocycles. The monoisotopic (exact) mass is 357 g/mol. The minimum atomic E-state index is -0.0256. The van der Waals surface area contributed by atoms with Gasteiger partial charge in [-0.15, -0.1) is 0 Å². The number of benzene rings is 1. The third-order valence-corrected chi connectivity index (χ3v) is 3.85. The van der Waals surface area contributed by atoms with Gasteiger partial charge in [-0.25, -0.2) is 0 Å². The van der Waals surface area contributed by atoms with Crippen LogP contribution in [0.25, 0.3) is 0 Å². The molecule has 0 aliphatic carbocycles. The van der Waals surface area contributed by atoms with E-state index in [1.165, 1.54) is 0 Å². The minimum Gasteiger partial charge on any atom is -0.495 e. The van der Waals surface area contributed by atoms with Crippen molar-refractivity contribution in [2.24, 2.45) is 0 Å². The molecular weight excluding hydrogens is 342 g/mol. The van der Waals surface area contributed by atoms with E-state index in [-0.39, 0.29) is 6.04 Å². The Morgan fingerprint density at radius 2 is 2.15 bits per heavy atom. The summed E-state index contributed by atoms with van der Waals surface area (Å²) >= 11 is 9.67. The molecule has 3 nitrogen and oxygen atoms in total. The Morgan fingerprint density at radius 3 is 2.70 bits per heavy atom. The zero-order valence-corrected chi connectivity index (χ0v) is 14.0. The van der Waals surface area contributed by atoms with E-state index in [1.54, 1.807) is 13.4 Å². The standard InChI is InChI=1S/C15H17BrClNO2/c1-4-18-14(10-5-9(2)20-8-10)12-6-11(17)7-13(16)15(12)19-3/h5-8,14,18H,4H2,1-3H3. The quantitative estimate of drug-likeness (QED) is 0.840. The molecule has 1 heterocycles. The molecule has 2 aromatic rings. The number of aryl methyl sites for hydroxylation is 1. The van der Waals surface area contributed by atoms with E-state index >= 15 is 0 Å². The number of hydrogen-bond acceptors (Lipinski definition) is 3. The normalized spacial score (nSPS) is 12.4. The Hall–Kier alpha value is -0.970. The summed E-state index contributed by atoms with van der Waals surface area (Å²) in [6, 6.07) is 5.73. The van der Waals surface area contributed by atoms with Crippen LogP contribution in [0.2, 0.25) is 5.02 Å². The van der Waals surface area contributed by atoms with E-state index in [0.717, 1.165) is 33.7 Å². The van der Waals surface area contributed by atoms with Crippen LogP contribution in [0.5, 0.6) is 5.75 Å². The molecule has 0 spiro atoms. The number of halogens is 2. The second kappa shape index (κ2) is 6.66. The summed E-state index contributed by atoms with van der Waals surface area (Å²) in [5.41, 5.74) is 2.03. The fourth-order valence-electron chi connectivity index (χ4n) is 2.24. The summed E-state index contributed by atoms with van der Waals surface area (Å²) < 4.78 is 11.8. The van der Waals surface area contributed by atoms with Crippen LogP contribution < -0.4 is 10.1 Å². The second-order valence-electron chi connectivity index (χ2n) is 4.49. The number of methoxy groups -OCH3 is 1. The number of ether oxygens (including phenoxy) is 1. The lowest BCUT2D eigenvalue weighted by molar-refractivity contribution is 0.401. The van der Waals surface area contributed by atoms with Crippen LogP contribution in [0, 0.1) is 6.92 Å². The summed E-state index contributed by atoms with van der Waals surface area (Å²) in [5, 5.41) is 4.10. The van der Waals surface area contributed by atoms with Crippen molar-refractivity contribution in [2.75, 3.05) is 13.7 Å². The van der Waals surface area contributed by atoms with Crippen LogP contribution in [0.4, 0.5) is 0 Å². The van der Waals surface area contributed by atoms with Gasteiger partial charge >= 0.3 is 0 Å². The highest BCUT2D eigenvalue weighted by Crippen LogP contribution is 2.38. The van der Waals surface area contributed by atoms with E-state index in [0.29, 0.717) is 5.02 Å². The summed E-state index contributed by atoms with van der Waals surface area (Å²) in [6.45, 7) is 4.81. The average molecular weight is 359 g/mol. The zero-order valence-electron chi connectivity index (χ0n) is 11.7. The van der Waals surface area contributed by atoms with E-state index in [2.05, 4.69) is 28.2 Å². The van der Waals surface area contributed by atoms with Crippen molar-refractivity contribution in [3.05, 3.63) is 50.8 Å². The van der Waals surface area contributed by atoms with Crippen LogP contribution in [0.1, 0.15) is 29.9 Å². The molecule has 20 heavy (non-hydrogen) atoms. The van der Waals surface area contributed by atoms with Crippen molar-refractivity contribution < 1.29 is 9.15 Å². The van der Waals surface area contributed by atoms with E-state index in [4.69, 9.17) is 20.8 Å². The highest BCUT2D eigenvalue weighted by Gasteiger charge is 2.21. The number of hydrogen-bond donors (Lipinski definition) is 1. The maximum absolute atomic E-state index is 6.18. The Morgan fingerprint density at radius 1 is 1.40 bits per heavy atom. The SMILES string of the molecule is CCNC(c1coc(C)c1)c1cc(Cl)cc(Br)c1OC. The van der Waals surface area contributed by atoms with Gasteiger partial charge in [0.05, 0.1) is 23.9 Å². The lowest BCUT2D eigenvalue weighted by Crippen LogP contribution is -2.22. The van der Waals surface area contributed by atoms with Gasteiger partial charge in [-0.2, -0.15) is 0 Å². The van der Waals surface area contributed by atoms with Crippen LogP contribution in [0.3, 0.4) is 0 Å². The molecule has 1 atom stereocenters. The second-order valence-corrected chi connectivity index (χ2v) is 5.78. The summed E-state index contributed by atoms with van der Waals surface area (Å²) in [6.07, 6.45) is 1.76. The summed E-state index contributed by atoms with van der Waals surface area (Å²) in [7, 11) is 1.65. The van der Waals surface area contributed by atoms with E-state index in [9.17, 15) is 0 Å². The number of rotatable bonds is 5. The molecule has 0 aliphatic rings. The van der Waals surface area contributed by atoms with Gasteiger partial charge in [0.25, 0.3) is 0 Å². The number of nitrogens with one attached hydrogen (secondary N) is 1. The fourth-order valence-corrected chi connectivity index (χ4v) is 3.23. The van der Waals surface area contributed by atoms with E-state index in [1.807, 2.05) is 25.1 Å². The molecule has 5 heteroatoms. The van der Waals surface area contributed by atoms with Crippen molar-refractivity contribution >= 4 is 27.5 Å². The van der Waals surface area contributed by atoms with Gasteiger partial charge in [0, 0.05) is 16.1 Å². The molecule has 0 radical (unpaired) electrons. The molecule has 0 saturated carbocycles. The first-order chi connectivity index (χ1) is 9.56. The van der Waals surface area contributed by atoms with Gasteiger partial charge in [-0.05, 0) is 47.6 Å².